The third-order valence-electron chi connectivity index (χ3n) is 2.50. The molecule has 22 heavy (non-hydrogen) atoms. The smallest absolute Gasteiger partial charge is 0.343 e. The second kappa shape index (κ2) is 7.58. The fourth-order valence-electron chi connectivity index (χ4n) is 1.52. The predicted octanol–water partition coefficient (Wildman–Crippen LogP) is 3.17. The molecular weight excluding hydrogens is 306 g/mol. The van der Waals surface area contributed by atoms with Crippen LogP contribution in [0, 0.1) is 23.3 Å². The van der Waals surface area contributed by atoms with Gasteiger partial charge in [0, 0.05) is 18.8 Å². The largest absolute Gasteiger partial charge is 0.506 e. The minimum atomic E-state index is -1.97. The van der Waals surface area contributed by atoms with Crippen molar-refractivity contribution < 1.29 is 32.2 Å². The number of aliphatic hydroxyl groups excluding tert-OH is 1. The van der Waals surface area contributed by atoms with Gasteiger partial charge < -0.3 is 9.84 Å². The van der Waals surface area contributed by atoms with Crippen LogP contribution in [0.2, 0.25) is 0 Å². The highest BCUT2D eigenvalue weighted by molar-refractivity contribution is 6.15. The van der Waals surface area contributed by atoms with Gasteiger partial charge in [-0.05, 0) is 13.8 Å². The van der Waals surface area contributed by atoms with Gasteiger partial charge >= 0.3 is 5.97 Å². The maximum atomic E-state index is 13.7. The molecule has 0 aliphatic rings. The van der Waals surface area contributed by atoms with E-state index >= 15 is 0 Å². The highest BCUT2D eigenvalue weighted by Gasteiger charge is 2.26. The highest BCUT2D eigenvalue weighted by Crippen LogP contribution is 2.26. The molecule has 4 nitrogen and oxygen atoms in total. The number of carbonyl (C=O) groups is 1. The van der Waals surface area contributed by atoms with Gasteiger partial charge in [-0.3, -0.25) is 4.99 Å². The van der Waals surface area contributed by atoms with Crippen LogP contribution >= 0.6 is 0 Å². The molecule has 0 amide bonds. The van der Waals surface area contributed by atoms with Gasteiger partial charge in [-0.25, -0.2) is 22.4 Å². The number of hydrogen-bond donors (Lipinski definition) is 1. The first-order chi connectivity index (χ1) is 10.3. The van der Waals surface area contributed by atoms with Crippen molar-refractivity contribution in [2.75, 3.05) is 13.2 Å². The number of halogens is 4. The summed E-state index contributed by atoms with van der Waals surface area (Å²) in [5.74, 6) is -9.60. The van der Waals surface area contributed by atoms with E-state index in [0.29, 0.717) is 0 Å². The van der Waals surface area contributed by atoms with Gasteiger partial charge in [0.2, 0.25) is 0 Å². The van der Waals surface area contributed by atoms with Crippen molar-refractivity contribution in [3.63, 3.8) is 0 Å². The summed E-state index contributed by atoms with van der Waals surface area (Å²) in [5, 5.41) is 9.90. The fourth-order valence-corrected chi connectivity index (χ4v) is 1.52. The molecule has 0 heterocycles. The lowest BCUT2D eigenvalue weighted by Gasteiger charge is -2.09. The number of rotatable bonds is 5. The van der Waals surface area contributed by atoms with E-state index in [-0.39, 0.29) is 19.2 Å². The molecule has 1 rings (SSSR count). The van der Waals surface area contributed by atoms with Crippen molar-refractivity contribution in [2.45, 2.75) is 13.8 Å². The Kier molecular flexibility index (Phi) is 6.09. The van der Waals surface area contributed by atoms with Crippen LogP contribution in [0.4, 0.5) is 17.6 Å². The molecule has 0 fully saturated rings. The third kappa shape index (κ3) is 3.63. The molecule has 0 atom stereocenters. The molecule has 0 aromatic heterocycles. The number of hydrogen-bond acceptors (Lipinski definition) is 4. The number of esters is 1. The van der Waals surface area contributed by atoms with Crippen LogP contribution in [-0.4, -0.2) is 30.4 Å². The van der Waals surface area contributed by atoms with Gasteiger partial charge in [-0.2, -0.15) is 0 Å². The normalized spacial score (nSPS) is 12.5. The van der Waals surface area contributed by atoms with Crippen LogP contribution in [0.15, 0.2) is 16.6 Å². The van der Waals surface area contributed by atoms with Crippen molar-refractivity contribution >= 4 is 17.9 Å². The lowest BCUT2D eigenvalue weighted by molar-refractivity contribution is -0.137. The summed E-state index contributed by atoms with van der Waals surface area (Å²) >= 11 is 0. The molecular formula is C14H13F4NO3. The number of aliphatic imine (C=N–C) groups is 1. The molecule has 0 aliphatic carbocycles. The molecule has 1 aromatic carbocycles. The Morgan fingerprint density at radius 3 is 2.41 bits per heavy atom. The van der Waals surface area contributed by atoms with E-state index in [1.54, 1.807) is 6.92 Å². The molecule has 0 saturated carbocycles. The first-order valence-electron chi connectivity index (χ1n) is 6.28. The average molecular weight is 319 g/mol. The van der Waals surface area contributed by atoms with E-state index in [0.717, 1.165) is 6.21 Å². The third-order valence-corrected chi connectivity index (χ3v) is 2.50. The summed E-state index contributed by atoms with van der Waals surface area (Å²) in [7, 11) is 0. The lowest BCUT2D eigenvalue weighted by Crippen LogP contribution is -2.13. The Balaban J connectivity index is 3.57. The predicted molar refractivity (Wildman–Crippen MR) is 71.5 cm³/mol. The minimum absolute atomic E-state index is 0.0592. The SMILES string of the molecule is CCN=CC(C(=O)OCC)=C(O)c1c(F)cc(F)c(F)c1F. The Bertz CT molecular complexity index is 641. The summed E-state index contributed by atoms with van der Waals surface area (Å²) in [4.78, 5) is 15.4. The van der Waals surface area contributed by atoms with Gasteiger partial charge in [-0.1, -0.05) is 0 Å². The number of nitrogens with zero attached hydrogens (tertiary/aromatic N) is 1. The Morgan fingerprint density at radius 2 is 1.86 bits per heavy atom. The first kappa shape index (κ1) is 17.7. The molecule has 8 heteroatoms. The van der Waals surface area contributed by atoms with Crippen LogP contribution in [0.25, 0.3) is 5.76 Å². The van der Waals surface area contributed by atoms with E-state index in [9.17, 15) is 27.5 Å². The Morgan fingerprint density at radius 1 is 1.23 bits per heavy atom. The summed E-state index contributed by atoms with van der Waals surface area (Å²) in [6, 6.07) is 0.0592. The second-order valence-electron chi connectivity index (χ2n) is 3.95. The Labute approximate surface area is 123 Å². The molecule has 0 saturated heterocycles. The van der Waals surface area contributed by atoms with E-state index in [4.69, 9.17) is 0 Å². The maximum Gasteiger partial charge on any atom is 0.343 e. The molecule has 0 spiro atoms. The summed E-state index contributed by atoms with van der Waals surface area (Å²) in [5.41, 5.74) is -1.95. The van der Waals surface area contributed by atoms with E-state index in [2.05, 4.69) is 9.73 Å². The van der Waals surface area contributed by atoms with Crippen LogP contribution in [0.3, 0.4) is 0 Å². The molecule has 120 valence electrons. The zero-order valence-corrected chi connectivity index (χ0v) is 11.8. The van der Waals surface area contributed by atoms with Gasteiger partial charge in [0.15, 0.2) is 17.5 Å². The first-order valence-corrected chi connectivity index (χ1v) is 6.28. The standard InChI is InChI=1S/C14H13F4NO3/c1-3-19-6-7(14(21)22-4-2)13(20)10-8(15)5-9(16)11(17)12(10)18/h5-6,20H,3-4H2,1-2H3. The molecule has 0 radical (unpaired) electrons. The quantitative estimate of drug-likeness (QED) is 0.172. The highest BCUT2D eigenvalue weighted by atomic mass is 19.2. The Hall–Kier alpha value is -2.38. The van der Waals surface area contributed by atoms with Crippen LogP contribution < -0.4 is 0 Å². The van der Waals surface area contributed by atoms with Gasteiger partial charge in [0.25, 0.3) is 0 Å². The van der Waals surface area contributed by atoms with E-state index < -0.39 is 46.1 Å². The van der Waals surface area contributed by atoms with E-state index in [1.165, 1.54) is 6.92 Å². The van der Waals surface area contributed by atoms with E-state index in [1.807, 2.05) is 0 Å². The van der Waals surface area contributed by atoms with Crippen LogP contribution in [0.1, 0.15) is 19.4 Å². The van der Waals surface area contributed by atoms with Crippen LogP contribution in [-0.2, 0) is 9.53 Å². The van der Waals surface area contributed by atoms with Crippen molar-refractivity contribution in [1.29, 1.82) is 0 Å². The monoisotopic (exact) mass is 319 g/mol. The minimum Gasteiger partial charge on any atom is -0.506 e. The van der Waals surface area contributed by atoms with Gasteiger partial charge in [-0.15, -0.1) is 0 Å². The summed E-state index contributed by atoms with van der Waals surface area (Å²) in [6.07, 6.45) is 0.841. The zero-order chi connectivity index (χ0) is 16.9. The number of ether oxygens (including phenoxy) is 1. The molecule has 0 unspecified atom stereocenters. The van der Waals surface area contributed by atoms with Crippen molar-refractivity contribution in [1.82, 2.24) is 0 Å². The zero-order valence-electron chi connectivity index (χ0n) is 11.8. The van der Waals surface area contributed by atoms with Crippen LogP contribution in [0.5, 0.6) is 0 Å². The molecule has 0 aliphatic heterocycles. The lowest BCUT2D eigenvalue weighted by atomic mass is 10.1. The van der Waals surface area contributed by atoms with Gasteiger partial charge in [0.05, 0.1) is 12.2 Å². The average Bonchev–Trinajstić information content (AvgIpc) is 2.45. The number of benzene rings is 1. The molecule has 0 bridgehead atoms. The summed E-state index contributed by atoms with van der Waals surface area (Å²) < 4.78 is 58.0. The summed E-state index contributed by atoms with van der Waals surface area (Å²) in [6.45, 7) is 3.22. The van der Waals surface area contributed by atoms with Crippen molar-refractivity contribution in [3.8, 4) is 0 Å². The maximum absolute atomic E-state index is 13.7. The fraction of sp³-hybridized carbons (Fsp3) is 0.286. The second-order valence-corrected chi connectivity index (χ2v) is 3.95. The molecule has 1 aromatic rings. The topological polar surface area (TPSA) is 58.9 Å². The number of carbonyl (C=O) groups excluding carboxylic acids is 1. The van der Waals surface area contributed by atoms with Gasteiger partial charge in [0.1, 0.15) is 17.1 Å². The van der Waals surface area contributed by atoms with Crippen molar-refractivity contribution in [2.24, 2.45) is 4.99 Å². The van der Waals surface area contributed by atoms with Crippen molar-refractivity contribution in [3.05, 3.63) is 40.5 Å². The molecule has 1 N–H and O–H groups in total. The number of aliphatic hydroxyl groups is 1.